The van der Waals surface area contributed by atoms with Crippen LogP contribution in [-0.2, 0) is 0 Å². The number of likely N-dealkylation sites (N-methyl/N-ethyl adjacent to an activating group) is 1. The molecule has 5 heteroatoms. The zero-order valence-corrected chi connectivity index (χ0v) is 5.80. The Bertz CT molecular complexity index is 174. The lowest BCUT2D eigenvalue weighted by Gasteiger charge is -2.17. The normalized spacial score (nSPS) is 16.3. The zero-order valence-electron chi connectivity index (χ0n) is 5.80. The molecule has 0 bridgehead atoms. The molecule has 4 nitrogen and oxygen atoms in total. The van der Waals surface area contributed by atoms with Crippen molar-refractivity contribution in [1.82, 2.24) is 15.7 Å². The predicted octanol–water partition coefficient (Wildman–Crippen LogP) is -0.117. The standard InChI is InChI=1S/C5H8FN4/c1-9(2)5-3-4-7-10(6)8-5/h3,7H,1-2H3. The van der Waals surface area contributed by atoms with Crippen LogP contribution < -0.4 is 5.43 Å². The molecule has 10 heavy (non-hydrogen) atoms. The van der Waals surface area contributed by atoms with Crippen LogP contribution in [0.1, 0.15) is 0 Å². The van der Waals surface area contributed by atoms with E-state index in [1.807, 2.05) is 0 Å². The number of hydrogen-bond acceptors (Lipinski definition) is 4. The molecule has 1 aliphatic heterocycles. The molecule has 1 rings (SSSR count). The smallest absolute Gasteiger partial charge is 0.155 e. The number of hydrazone groups is 1. The molecular weight excluding hydrogens is 135 g/mol. The molecule has 0 aliphatic carbocycles. The molecule has 1 radical (unpaired) electrons. The molecule has 0 aromatic heterocycles. The maximum absolute atomic E-state index is 12.2. The number of amidine groups is 1. The maximum atomic E-state index is 12.2. The van der Waals surface area contributed by atoms with E-state index in [2.05, 4.69) is 16.7 Å². The van der Waals surface area contributed by atoms with E-state index in [4.69, 9.17) is 0 Å². The first-order chi connectivity index (χ1) is 4.70. The van der Waals surface area contributed by atoms with Gasteiger partial charge >= 0.3 is 0 Å². The quantitative estimate of drug-likeness (QED) is 0.480. The van der Waals surface area contributed by atoms with Gasteiger partial charge in [0, 0.05) is 20.2 Å². The fraction of sp³-hybridized carbons (Fsp3) is 0.400. The third-order valence-corrected chi connectivity index (χ3v) is 1.01. The highest BCUT2D eigenvalue weighted by Gasteiger charge is 2.05. The molecule has 0 saturated carbocycles. The molecule has 1 aliphatic rings. The third-order valence-electron chi connectivity index (χ3n) is 1.01. The number of nitrogens with zero attached hydrogens (tertiary/aromatic N) is 3. The molecule has 0 aromatic carbocycles. The molecule has 0 fully saturated rings. The molecule has 1 N–H and O–H groups in total. The van der Waals surface area contributed by atoms with Crippen LogP contribution >= 0.6 is 0 Å². The summed E-state index contributed by atoms with van der Waals surface area (Å²) >= 11 is 0. The van der Waals surface area contributed by atoms with Crippen molar-refractivity contribution in [2.75, 3.05) is 14.1 Å². The Morgan fingerprint density at radius 3 is 2.90 bits per heavy atom. The Balaban J connectivity index is 2.66. The van der Waals surface area contributed by atoms with Crippen molar-refractivity contribution in [1.29, 1.82) is 0 Å². The van der Waals surface area contributed by atoms with E-state index < -0.39 is 0 Å². The van der Waals surface area contributed by atoms with Crippen molar-refractivity contribution in [2.45, 2.75) is 0 Å². The van der Waals surface area contributed by atoms with Crippen LogP contribution in [0.3, 0.4) is 0 Å². The van der Waals surface area contributed by atoms with Gasteiger partial charge in [-0.1, -0.05) is 4.48 Å². The molecule has 0 unspecified atom stereocenters. The van der Waals surface area contributed by atoms with Gasteiger partial charge in [0.1, 0.15) is 0 Å². The highest BCUT2D eigenvalue weighted by atomic mass is 19.2. The lowest BCUT2D eigenvalue weighted by Crippen LogP contribution is -2.32. The van der Waals surface area contributed by atoms with E-state index >= 15 is 0 Å². The summed E-state index contributed by atoms with van der Waals surface area (Å²) in [6.45, 7) is 0. The van der Waals surface area contributed by atoms with Gasteiger partial charge in [-0.2, -0.15) is 0 Å². The average molecular weight is 143 g/mol. The average Bonchev–Trinajstić information content (AvgIpc) is 1.88. The number of nitrogens with one attached hydrogen (secondary N) is 1. The first-order valence-corrected chi connectivity index (χ1v) is 2.76. The minimum atomic E-state index is 0.106. The second-order valence-corrected chi connectivity index (χ2v) is 2.01. The summed E-state index contributed by atoms with van der Waals surface area (Å²) in [6.07, 6.45) is 4.02. The lowest BCUT2D eigenvalue weighted by atomic mass is 10.5. The van der Waals surface area contributed by atoms with E-state index in [0.29, 0.717) is 5.84 Å². The first kappa shape index (κ1) is 6.85. The van der Waals surface area contributed by atoms with Crippen LogP contribution in [0, 0.1) is 6.20 Å². The number of halogens is 1. The third kappa shape index (κ3) is 1.37. The first-order valence-electron chi connectivity index (χ1n) is 2.76. The van der Waals surface area contributed by atoms with E-state index in [1.54, 1.807) is 25.1 Å². The Morgan fingerprint density at radius 1 is 1.80 bits per heavy atom. The molecule has 0 amide bonds. The monoisotopic (exact) mass is 143 g/mol. The van der Waals surface area contributed by atoms with E-state index in [0.717, 1.165) is 0 Å². The summed E-state index contributed by atoms with van der Waals surface area (Å²) in [5.41, 5.74) is 2.11. The van der Waals surface area contributed by atoms with Crippen molar-refractivity contribution in [3.05, 3.63) is 12.3 Å². The van der Waals surface area contributed by atoms with Gasteiger partial charge < -0.3 is 4.90 Å². The SMILES string of the molecule is CN(C)C1=NN(F)N[C]=C1. The van der Waals surface area contributed by atoms with Crippen molar-refractivity contribution in [3.8, 4) is 0 Å². The van der Waals surface area contributed by atoms with Crippen LogP contribution in [0.2, 0.25) is 0 Å². The van der Waals surface area contributed by atoms with Crippen LogP contribution in [0.5, 0.6) is 0 Å². The Kier molecular flexibility index (Phi) is 1.75. The summed E-state index contributed by atoms with van der Waals surface area (Å²) in [4.78, 5) is 1.68. The van der Waals surface area contributed by atoms with Crippen LogP contribution in [0.15, 0.2) is 11.2 Å². The van der Waals surface area contributed by atoms with Gasteiger partial charge in [0.05, 0.1) is 6.20 Å². The van der Waals surface area contributed by atoms with E-state index in [-0.39, 0.29) is 5.34 Å². The van der Waals surface area contributed by atoms with Gasteiger partial charge in [-0.05, 0) is 5.34 Å². The molecule has 0 atom stereocenters. The Morgan fingerprint density at radius 2 is 2.50 bits per heavy atom. The van der Waals surface area contributed by atoms with Gasteiger partial charge in [-0.15, -0.1) is 5.10 Å². The van der Waals surface area contributed by atoms with Gasteiger partial charge in [-0.3, -0.25) is 5.43 Å². The van der Waals surface area contributed by atoms with Crippen molar-refractivity contribution >= 4 is 5.84 Å². The second-order valence-electron chi connectivity index (χ2n) is 2.01. The lowest BCUT2D eigenvalue weighted by molar-refractivity contribution is -0.0185. The van der Waals surface area contributed by atoms with Crippen molar-refractivity contribution < 1.29 is 4.48 Å². The van der Waals surface area contributed by atoms with E-state index in [1.165, 1.54) is 0 Å². The predicted molar refractivity (Wildman–Crippen MR) is 35.0 cm³/mol. The van der Waals surface area contributed by atoms with Crippen LogP contribution in [0.4, 0.5) is 4.48 Å². The molecule has 1 heterocycles. The topological polar surface area (TPSA) is 30.9 Å². The Labute approximate surface area is 58.5 Å². The van der Waals surface area contributed by atoms with Gasteiger partial charge in [0.2, 0.25) is 0 Å². The Hall–Kier alpha value is -1.26. The summed E-state index contributed by atoms with van der Waals surface area (Å²) in [6, 6.07) is 0. The fourth-order valence-corrected chi connectivity index (χ4v) is 0.512. The largest absolute Gasteiger partial charge is 0.361 e. The molecule has 0 spiro atoms. The van der Waals surface area contributed by atoms with Crippen molar-refractivity contribution in [2.24, 2.45) is 5.10 Å². The maximum Gasteiger partial charge on any atom is 0.155 e. The van der Waals surface area contributed by atoms with Gasteiger partial charge in [0.25, 0.3) is 0 Å². The van der Waals surface area contributed by atoms with Crippen molar-refractivity contribution in [3.63, 3.8) is 0 Å². The van der Waals surface area contributed by atoms with Crippen LogP contribution in [-0.4, -0.2) is 30.2 Å². The molecule has 0 aromatic rings. The molecular formula is C5H8FN4. The fourth-order valence-electron chi connectivity index (χ4n) is 0.512. The van der Waals surface area contributed by atoms with Gasteiger partial charge in [0.15, 0.2) is 5.84 Å². The van der Waals surface area contributed by atoms with E-state index in [9.17, 15) is 4.48 Å². The highest BCUT2D eigenvalue weighted by molar-refractivity contribution is 5.92. The summed E-state index contributed by atoms with van der Waals surface area (Å²) in [5, 5.41) is 3.57. The number of hydrazine groups is 1. The minimum Gasteiger partial charge on any atom is -0.361 e. The highest BCUT2D eigenvalue weighted by Crippen LogP contribution is 1.95. The summed E-state index contributed by atoms with van der Waals surface area (Å²) < 4.78 is 12.2. The zero-order chi connectivity index (χ0) is 7.56. The molecule has 0 saturated heterocycles. The van der Waals surface area contributed by atoms with Crippen LogP contribution in [0.25, 0.3) is 0 Å². The van der Waals surface area contributed by atoms with Gasteiger partial charge in [-0.25, -0.2) is 0 Å². The second kappa shape index (κ2) is 2.55. The minimum absolute atomic E-state index is 0.106. The summed E-state index contributed by atoms with van der Waals surface area (Å²) in [5.74, 6) is 0.515. The number of hydrogen-bond donors (Lipinski definition) is 1. The molecule has 55 valence electrons. The summed E-state index contributed by atoms with van der Waals surface area (Å²) in [7, 11) is 3.55. The number of rotatable bonds is 0.